The van der Waals surface area contributed by atoms with Gasteiger partial charge in [-0.15, -0.1) is 0 Å². The fraction of sp³-hybridized carbons (Fsp3) is 0.810. The van der Waals surface area contributed by atoms with Crippen molar-refractivity contribution in [3.8, 4) is 0 Å². The molecule has 4 aliphatic rings. The lowest BCUT2D eigenvalue weighted by Crippen LogP contribution is -2.57. The van der Waals surface area contributed by atoms with E-state index in [1.54, 1.807) is 14.7 Å². The molecule has 1 aromatic heterocycles. The minimum absolute atomic E-state index is 0.0305. The minimum Gasteiger partial charge on any atom is -0.360 e. The van der Waals surface area contributed by atoms with E-state index in [0.29, 0.717) is 43.6 Å². The third-order valence-corrected chi connectivity index (χ3v) is 9.43. The zero-order chi connectivity index (χ0) is 21.6. The Morgan fingerprint density at radius 2 is 1.77 bits per heavy atom. The van der Waals surface area contributed by atoms with Crippen LogP contribution in [0.15, 0.2) is 10.6 Å². The van der Waals surface area contributed by atoms with Crippen molar-refractivity contribution in [1.29, 1.82) is 0 Å². The maximum absolute atomic E-state index is 13.4. The molecule has 4 heterocycles. The number of hydrogen-bond donors (Lipinski definition) is 2. The fourth-order valence-corrected chi connectivity index (χ4v) is 7.63. The van der Waals surface area contributed by atoms with Crippen molar-refractivity contribution in [1.82, 2.24) is 24.4 Å². The summed E-state index contributed by atoms with van der Waals surface area (Å²) in [4.78, 5) is 12.6. The summed E-state index contributed by atoms with van der Waals surface area (Å²) in [5.74, 6) is 0.993. The van der Waals surface area contributed by atoms with Gasteiger partial charge in [-0.3, -0.25) is 4.79 Å². The largest absolute Gasteiger partial charge is 0.360 e. The van der Waals surface area contributed by atoms with Crippen LogP contribution in [0, 0.1) is 0 Å². The van der Waals surface area contributed by atoms with Crippen molar-refractivity contribution in [3.05, 3.63) is 17.5 Å². The maximum Gasteiger partial charge on any atom is 0.282 e. The summed E-state index contributed by atoms with van der Waals surface area (Å²) in [7, 11) is -3.46. The zero-order valence-corrected chi connectivity index (χ0v) is 18.9. The molecule has 172 valence electrons. The first-order valence-corrected chi connectivity index (χ1v) is 13.1. The first-order valence-electron chi connectivity index (χ1n) is 11.7. The molecule has 2 N–H and O–H groups in total. The van der Waals surface area contributed by atoms with E-state index in [1.165, 1.54) is 0 Å². The molecule has 9 nitrogen and oxygen atoms in total. The summed E-state index contributed by atoms with van der Waals surface area (Å²) in [5, 5.41) is 10.4. The molecule has 3 atom stereocenters. The average Bonchev–Trinajstić information content (AvgIpc) is 3.40. The van der Waals surface area contributed by atoms with E-state index in [4.69, 9.17) is 4.52 Å². The third-order valence-electron chi connectivity index (χ3n) is 7.28. The molecule has 0 radical (unpaired) electrons. The van der Waals surface area contributed by atoms with E-state index in [1.807, 2.05) is 0 Å². The van der Waals surface area contributed by atoms with Gasteiger partial charge in [-0.25, -0.2) is 0 Å². The van der Waals surface area contributed by atoms with Crippen LogP contribution in [0.4, 0.5) is 0 Å². The van der Waals surface area contributed by atoms with Crippen LogP contribution in [0.25, 0.3) is 0 Å². The number of amides is 1. The second-order valence-electron chi connectivity index (χ2n) is 9.48. The second-order valence-corrected chi connectivity index (χ2v) is 11.3. The van der Waals surface area contributed by atoms with Crippen molar-refractivity contribution in [3.63, 3.8) is 0 Å². The standard InChI is InChI=1S/C21H33N5O4S/c1-2-22-15-7-9-25(10-8-15)31(28,29)26-17-5-6-18(26)12-16(11-17)23-21(27)19-13-20(30-24-19)14-3-4-14/h13-18,22H,2-12H2,1H3,(H,23,27)/t16?,17-,18+. The Morgan fingerprint density at radius 3 is 2.39 bits per heavy atom. The molecule has 3 saturated heterocycles. The molecule has 4 fully saturated rings. The van der Waals surface area contributed by atoms with Gasteiger partial charge < -0.3 is 15.2 Å². The van der Waals surface area contributed by atoms with E-state index >= 15 is 0 Å². The van der Waals surface area contributed by atoms with Gasteiger partial charge in [-0.05, 0) is 57.9 Å². The van der Waals surface area contributed by atoms with E-state index in [9.17, 15) is 13.2 Å². The molecule has 3 aliphatic heterocycles. The molecular weight excluding hydrogens is 418 g/mol. The number of piperidine rings is 2. The predicted molar refractivity (Wildman–Crippen MR) is 115 cm³/mol. The molecule has 31 heavy (non-hydrogen) atoms. The molecule has 1 aliphatic carbocycles. The normalized spacial score (nSPS) is 30.5. The van der Waals surface area contributed by atoms with Gasteiger partial charge in [0.25, 0.3) is 16.1 Å². The molecule has 1 aromatic rings. The molecule has 1 unspecified atom stereocenters. The highest BCUT2D eigenvalue weighted by Crippen LogP contribution is 2.41. The fourth-order valence-electron chi connectivity index (χ4n) is 5.56. The first-order chi connectivity index (χ1) is 15.0. The topological polar surface area (TPSA) is 108 Å². The summed E-state index contributed by atoms with van der Waals surface area (Å²) in [6, 6.07) is 2.04. The first kappa shape index (κ1) is 21.4. The number of nitrogens with zero attached hydrogens (tertiary/aromatic N) is 3. The van der Waals surface area contributed by atoms with E-state index in [-0.39, 0.29) is 24.0 Å². The number of hydrogen-bond acceptors (Lipinski definition) is 6. The van der Waals surface area contributed by atoms with E-state index < -0.39 is 10.2 Å². The van der Waals surface area contributed by atoms with Gasteiger partial charge in [0.15, 0.2) is 5.69 Å². The average molecular weight is 452 g/mol. The van der Waals surface area contributed by atoms with Crippen LogP contribution in [0.5, 0.6) is 0 Å². The number of carbonyl (C=O) groups is 1. The van der Waals surface area contributed by atoms with Crippen molar-refractivity contribution in [2.24, 2.45) is 0 Å². The smallest absolute Gasteiger partial charge is 0.282 e. The lowest BCUT2D eigenvalue weighted by molar-refractivity contribution is 0.0897. The summed E-state index contributed by atoms with van der Waals surface area (Å²) in [6.45, 7) is 4.15. The molecule has 2 bridgehead atoms. The Hall–Kier alpha value is -1.49. The highest BCUT2D eigenvalue weighted by atomic mass is 32.2. The predicted octanol–water partition coefficient (Wildman–Crippen LogP) is 1.60. The van der Waals surface area contributed by atoms with Crippen molar-refractivity contribution < 1.29 is 17.7 Å². The Kier molecular flexibility index (Phi) is 5.83. The van der Waals surface area contributed by atoms with Crippen LogP contribution in [-0.4, -0.2) is 71.9 Å². The second kappa shape index (κ2) is 8.46. The monoisotopic (exact) mass is 451 g/mol. The number of rotatable bonds is 7. The Morgan fingerprint density at radius 1 is 1.10 bits per heavy atom. The number of fused-ring (bicyclic) bond motifs is 2. The van der Waals surface area contributed by atoms with E-state index in [2.05, 4.69) is 22.7 Å². The van der Waals surface area contributed by atoms with Crippen molar-refractivity contribution in [2.45, 2.75) is 88.4 Å². The minimum atomic E-state index is -3.46. The van der Waals surface area contributed by atoms with Crippen LogP contribution in [0.3, 0.4) is 0 Å². The molecule has 1 amide bonds. The van der Waals surface area contributed by atoms with Gasteiger partial charge in [0, 0.05) is 49.2 Å². The summed E-state index contributed by atoms with van der Waals surface area (Å²) in [5.41, 5.74) is 0.327. The van der Waals surface area contributed by atoms with Crippen LogP contribution in [-0.2, 0) is 10.2 Å². The maximum atomic E-state index is 13.4. The number of aromatic nitrogens is 1. The van der Waals surface area contributed by atoms with Gasteiger partial charge in [0.2, 0.25) is 0 Å². The molecule has 10 heteroatoms. The number of carbonyl (C=O) groups excluding carboxylic acids is 1. The summed E-state index contributed by atoms with van der Waals surface area (Å²) < 4.78 is 35.5. The van der Waals surface area contributed by atoms with Crippen molar-refractivity contribution >= 4 is 16.1 Å². The molecular formula is C21H33N5O4S. The summed E-state index contributed by atoms with van der Waals surface area (Å²) >= 11 is 0. The Balaban J connectivity index is 1.20. The third kappa shape index (κ3) is 4.27. The highest BCUT2D eigenvalue weighted by Gasteiger charge is 2.49. The molecule has 0 aromatic carbocycles. The summed E-state index contributed by atoms with van der Waals surface area (Å²) in [6.07, 6.45) is 6.94. The van der Waals surface area contributed by atoms with E-state index in [0.717, 1.165) is 50.8 Å². The van der Waals surface area contributed by atoms with Gasteiger partial charge >= 0.3 is 0 Å². The zero-order valence-electron chi connectivity index (χ0n) is 18.1. The van der Waals surface area contributed by atoms with Gasteiger partial charge in [0.1, 0.15) is 5.76 Å². The SMILES string of the molecule is CCNC1CCN(S(=O)(=O)N2[C@@H]3CC[C@H]2CC(NC(=O)c2cc(C4CC4)on2)C3)CC1. The lowest BCUT2D eigenvalue weighted by atomic mass is 9.99. The van der Waals surface area contributed by atoms with Gasteiger partial charge in [-0.1, -0.05) is 12.1 Å². The van der Waals surface area contributed by atoms with Crippen LogP contribution in [0.1, 0.15) is 80.5 Å². The van der Waals surface area contributed by atoms with Crippen LogP contribution < -0.4 is 10.6 Å². The molecule has 1 saturated carbocycles. The van der Waals surface area contributed by atoms with Gasteiger partial charge in [0.05, 0.1) is 0 Å². The van der Waals surface area contributed by atoms with Crippen molar-refractivity contribution in [2.75, 3.05) is 19.6 Å². The Labute approximate surface area is 184 Å². The lowest BCUT2D eigenvalue weighted by Gasteiger charge is -2.42. The number of nitrogens with one attached hydrogen (secondary N) is 2. The quantitative estimate of drug-likeness (QED) is 0.652. The van der Waals surface area contributed by atoms with Crippen LogP contribution >= 0.6 is 0 Å². The molecule has 0 spiro atoms. The van der Waals surface area contributed by atoms with Crippen LogP contribution in [0.2, 0.25) is 0 Å². The highest BCUT2D eigenvalue weighted by molar-refractivity contribution is 7.86. The Bertz CT molecular complexity index is 893. The molecule has 5 rings (SSSR count). The van der Waals surface area contributed by atoms with Gasteiger partial charge in [-0.2, -0.15) is 17.0 Å².